The van der Waals surface area contributed by atoms with Gasteiger partial charge < -0.3 is 10.2 Å². The molecule has 0 spiro atoms. The van der Waals surface area contributed by atoms with Gasteiger partial charge >= 0.3 is 0 Å². The minimum Gasteiger partial charge on any atom is -0.316 e. The molecule has 1 atom stereocenters. The van der Waals surface area contributed by atoms with Crippen LogP contribution in [-0.2, 0) is 9.84 Å². The minimum atomic E-state index is -2.79. The molecule has 96 valence electrons. The summed E-state index contributed by atoms with van der Waals surface area (Å²) in [7, 11) is -0.624. The molecular weight excluding hydrogens is 224 g/mol. The number of rotatable bonds is 6. The van der Waals surface area contributed by atoms with E-state index in [2.05, 4.69) is 17.3 Å². The SMILES string of the molecule is CN1CCCC(CNCCCS(C)(=O)=O)C1. The number of sulfone groups is 1. The third-order valence-corrected chi connectivity index (χ3v) is 4.05. The molecule has 1 N–H and O–H groups in total. The van der Waals surface area contributed by atoms with Crippen molar-refractivity contribution in [2.24, 2.45) is 5.92 Å². The second kappa shape index (κ2) is 6.57. The Morgan fingerprint density at radius 2 is 2.19 bits per heavy atom. The molecule has 0 bridgehead atoms. The number of hydrogen-bond donors (Lipinski definition) is 1. The van der Waals surface area contributed by atoms with E-state index in [1.165, 1.54) is 32.2 Å². The highest BCUT2D eigenvalue weighted by Gasteiger charge is 2.16. The van der Waals surface area contributed by atoms with E-state index in [9.17, 15) is 8.42 Å². The largest absolute Gasteiger partial charge is 0.316 e. The number of nitrogens with one attached hydrogen (secondary N) is 1. The van der Waals surface area contributed by atoms with Crippen LogP contribution in [0.15, 0.2) is 0 Å². The Balaban J connectivity index is 2.02. The zero-order chi connectivity index (χ0) is 12.0. The van der Waals surface area contributed by atoms with Crippen molar-refractivity contribution in [3.63, 3.8) is 0 Å². The van der Waals surface area contributed by atoms with E-state index in [4.69, 9.17) is 0 Å². The van der Waals surface area contributed by atoms with Crippen LogP contribution in [0, 0.1) is 5.92 Å². The molecule has 16 heavy (non-hydrogen) atoms. The minimum absolute atomic E-state index is 0.296. The van der Waals surface area contributed by atoms with Crippen molar-refractivity contribution in [2.75, 3.05) is 45.2 Å². The Labute approximate surface area is 99.3 Å². The first-order chi connectivity index (χ1) is 7.47. The highest BCUT2D eigenvalue weighted by atomic mass is 32.2. The van der Waals surface area contributed by atoms with Crippen LogP contribution < -0.4 is 5.32 Å². The van der Waals surface area contributed by atoms with Gasteiger partial charge in [0.25, 0.3) is 0 Å². The van der Waals surface area contributed by atoms with E-state index >= 15 is 0 Å². The highest BCUT2D eigenvalue weighted by molar-refractivity contribution is 7.90. The Morgan fingerprint density at radius 1 is 1.44 bits per heavy atom. The molecule has 1 aliphatic heterocycles. The zero-order valence-electron chi connectivity index (χ0n) is 10.4. The monoisotopic (exact) mass is 248 g/mol. The fourth-order valence-electron chi connectivity index (χ4n) is 2.21. The smallest absolute Gasteiger partial charge is 0.147 e. The molecule has 0 saturated carbocycles. The van der Waals surface area contributed by atoms with Gasteiger partial charge in [-0.05, 0) is 51.9 Å². The van der Waals surface area contributed by atoms with Gasteiger partial charge in [0, 0.05) is 12.8 Å². The van der Waals surface area contributed by atoms with Crippen LogP contribution in [-0.4, -0.2) is 58.6 Å². The molecule has 0 radical (unpaired) electrons. The van der Waals surface area contributed by atoms with E-state index < -0.39 is 9.84 Å². The lowest BCUT2D eigenvalue weighted by atomic mass is 9.98. The number of likely N-dealkylation sites (tertiary alicyclic amines) is 1. The van der Waals surface area contributed by atoms with Crippen molar-refractivity contribution in [1.82, 2.24) is 10.2 Å². The van der Waals surface area contributed by atoms with Gasteiger partial charge in [-0.2, -0.15) is 0 Å². The summed E-state index contributed by atoms with van der Waals surface area (Å²) in [5.41, 5.74) is 0. The zero-order valence-corrected chi connectivity index (χ0v) is 11.2. The second-order valence-corrected chi connectivity index (χ2v) is 7.22. The average molecular weight is 248 g/mol. The summed E-state index contributed by atoms with van der Waals surface area (Å²) in [6.45, 7) is 4.21. The lowest BCUT2D eigenvalue weighted by Gasteiger charge is -2.29. The Morgan fingerprint density at radius 3 is 2.81 bits per heavy atom. The Bertz CT molecular complexity index is 290. The molecule has 0 amide bonds. The van der Waals surface area contributed by atoms with Crippen molar-refractivity contribution in [3.05, 3.63) is 0 Å². The topological polar surface area (TPSA) is 49.4 Å². The van der Waals surface area contributed by atoms with Crippen LogP contribution in [0.1, 0.15) is 19.3 Å². The third kappa shape index (κ3) is 6.45. The summed E-state index contributed by atoms with van der Waals surface area (Å²) >= 11 is 0. The predicted octanol–water partition coefficient (Wildman–Crippen LogP) is 0.353. The van der Waals surface area contributed by atoms with E-state index in [0.29, 0.717) is 5.75 Å². The van der Waals surface area contributed by atoms with Crippen molar-refractivity contribution in [3.8, 4) is 0 Å². The molecule has 5 heteroatoms. The molecule has 1 fully saturated rings. The Kier molecular flexibility index (Phi) is 5.72. The van der Waals surface area contributed by atoms with Crippen LogP contribution >= 0.6 is 0 Å². The fourth-order valence-corrected chi connectivity index (χ4v) is 2.87. The van der Waals surface area contributed by atoms with Crippen LogP contribution in [0.4, 0.5) is 0 Å². The molecule has 0 aromatic heterocycles. The van der Waals surface area contributed by atoms with E-state index in [-0.39, 0.29) is 0 Å². The van der Waals surface area contributed by atoms with Gasteiger partial charge in [-0.15, -0.1) is 0 Å². The third-order valence-electron chi connectivity index (χ3n) is 3.02. The van der Waals surface area contributed by atoms with Gasteiger partial charge in [0.1, 0.15) is 9.84 Å². The van der Waals surface area contributed by atoms with Crippen LogP contribution in [0.5, 0.6) is 0 Å². The first-order valence-corrected chi connectivity index (χ1v) is 8.10. The first-order valence-electron chi connectivity index (χ1n) is 6.04. The molecule has 1 aliphatic rings. The van der Waals surface area contributed by atoms with Gasteiger partial charge in [-0.25, -0.2) is 8.42 Å². The highest BCUT2D eigenvalue weighted by Crippen LogP contribution is 2.13. The quantitative estimate of drug-likeness (QED) is 0.689. The molecule has 0 aromatic rings. The second-order valence-electron chi connectivity index (χ2n) is 4.96. The standard InChI is InChI=1S/C11H24N2O2S/c1-13-7-3-5-11(10-13)9-12-6-4-8-16(2,14)15/h11-12H,3-10H2,1-2H3. The van der Waals surface area contributed by atoms with Crippen LogP contribution in [0.3, 0.4) is 0 Å². The molecule has 4 nitrogen and oxygen atoms in total. The maximum atomic E-state index is 10.9. The van der Waals surface area contributed by atoms with E-state index in [1.54, 1.807) is 0 Å². The first kappa shape index (κ1) is 13.9. The van der Waals surface area contributed by atoms with Crippen molar-refractivity contribution in [2.45, 2.75) is 19.3 Å². The molecule has 1 heterocycles. The summed E-state index contributed by atoms with van der Waals surface area (Å²) in [6.07, 6.45) is 4.60. The summed E-state index contributed by atoms with van der Waals surface area (Å²) in [5.74, 6) is 1.03. The maximum Gasteiger partial charge on any atom is 0.147 e. The van der Waals surface area contributed by atoms with E-state index in [0.717, 1.165) is 25.4 Å². The fraction of sp³-hybridized carbons (Fsp3) is 1.00. The number of hydrogen-bond acceptors (Lipinski definition) is 4. The molecule has 0 aliphatic carbocycles. The van der Waals surface area contributed by atoms with Gasteiger partial charge in [0.05, 0.1) is 5.75 Å². The molecule has 0 aromatic carbocycles. The average Bonchev–Trinajstić information content (AvgIpc) is 2.15. The van der Waals surface area contributed by atoms with Crippen molar-refractivity contribution >= 4 is 9.84 Å². The van der Waals surface area contributed by atoms with Gasteiger partial charge in [0.15, 0.2) is 0 Å². The normalized spacial score (nSPS) is 23.5. The van der Waals surface area contributed by atoms with Gasteiger partial charge in [-0.1, -0.05) is 0 Å². The molecule has 1 unspecified atom stereocenters. The lowest BCUT2D eigenvalue weighted by molar-refractivity contribution is 0.206. The predicted molar refractivity (Wildman–Crippen MR) is 67.4 cm³/mol. The molecular formula is C11H24N2O2S. The van der Waals surface area contributed by atoms with Gasteiger partial charge in [-0.3, -0.25) is 0 Å². The molecule has 1 saturated heterocycles. The summed E-state index contributed by atoms with van der Waals surface area (Å²) < 4.78 is 21.8. The number of nitrogens with zero attached hydrogens (tertiary/aromatic N) is 1. The summed E-state index contributed by atoms with van der Waals surface area (Å²) in [5, 5.41) is 3.36. The molecule has 1 rings (SSSR count). The lowest BCUT2D eigenvalue weighted by Crippen LogP contribution is -2.37. The Hall–Kier alpha value is -0.130. The van der Waals surface area contributed by atoms with E-state index in [1.807, 2.05) is 0 Å². The van der Waals surface area contributed by atoms with Crippen LogP contribution in [0.2, 0.25) is 0 Å². The van der Waals surface area contributed by atoms with Crippen molar-refractivity contribution < 1.29 is 8.42 Å². The van der Waals surface area contributed by atoms with Crippen LogP contribution in [0.25, 0.3) is 0 Å². The van der Waals surface area contributed by atoms with Crippen molar-refractivity contribution in [1.29, 1.82) is 0 Å². The number of piperidine rings is 1. The summed E-state index contributed by atoms with van der Waals surface area (Å²) in [6, 6.07) is 0. The van der Waals surface area contributed by atoms with Gasteiger partial charge in [0.2, 0.25) is 0 Å². The maximum absolute atomic E-state index is 10.9. The summed E-state index contributed by atoms with van der Waals surface area (Å²) in [4.78, 5) is 2.37.